The first-order valence-corrected chi connectivity index (χ1v) is 8.77. The van der Waals surface area contributed by atoms with Gasteiger partial charge in [0.2, 0.25) is 0 Å². The third-order valence-electron chi connectivity index (χ3n) is 2.56. The van der Waals surface area contributed by atoms with Gasteiger partial charge in [-0.25, -0.2) is 8.42 Å². The molecule has 17 heavy (non-hydrogen) atoms. The van der Waals surface area contributed by atoms with E-state index in [4.69, 9.17) is 0 Å². The molecule has 0 aliphatic heterocycles. The largest absolute Gasteiger partial charge is 0.310 e. The van der Waals surface area contributed by atoms with E-state index in [1.54, 1.807) is 11.3 Å². The van der Waals surface area contributed by atoms with Crippen LogP contribution in [0.4, 0.5) is 0 Å². The van der Waals surface area contributed by atoms with Gasteiger partial charge in [0.15, 0.2) is 0 Å². The molecule has 0 radical (unpaired) electrons. The summed E-state index contributed by atoms with van der Waals surface area (Å²) in [6.45, 7) is 5.07. The topological polar surface area (TPSA) is 46.2 Å². The van der Waals surface area contributed by atoms with Crippen molar-refractivity contribution >= 4 is 21.2 Å². The van der Waals surface area contributed by atoms with Gasteiger partial charge in [-0.15, -0.1) is 11.3 Å². The van der Waals surface area contributed by atoms with E-state index >= 15 is 0 Å². The van der Waals surface area contributed by atoms with Crippen molar-refractivity contribution in [1.82, 2.24) is 5.32 Å². The van der Waals surface area contributed by atoms with Crippen molar-refractivity contribution in [3.8, 4) is 0 Å². The molecule has 0 saturated carbocycles. The molecule has 0 aliphatic rings. The molecular formula is C12H21NO2S2. The molecule has 1 unspecified atom stereocenters. The Morgan fingerprint density at radius 2 is 2.12 bits per heavy atom. The second-order valence-corrected chi connectivity index (χ2v) is 7.91. The van der Waals surface area contributed by atoms with Crippen LogP contribution in [-0.2, 0) is 9.84 Å². The first-order chi connectivity index (χ1) is 7.92. The van der Waals surface area contributed by atoms with Crippen LogP contribution < -0.4 is 5.32 Å². The van der Waals surface area contributed by atoms with Crippen LogP contribution in [0.3, 0.4) is 0 Å². The van der Waals surface area contributed by atoms with E-state index < -0.39 is 9.84 Å². The summed E-state index contributed by atoms with van der Waals surface area (Å²) < 4.78 is 22.2. The smallest absolute Gasteiger partial charge is 0.147 e. The zero-order valence-electron chi connectivity index (χ0n) is 10.7. The van der Waals surface area contributed by atoms with Crippen molar-refractivity contribution < 1.29 is 8.42 Å². The summed E-state index contributed by atoms with van der Waals surface area (Å²) in [5.41, 5.74) is 0. The number of nitrogens with one attached hydrogen (secondary N) is 1. The van der Waals surface area contributed by atoms with E-state index in [-0.39, 0.29) is 5.75 Å². The fourth-order valence-corrected chi connectivity index (χ4v) is 3.46. The van der Waals surface area contributed by atoms with Crippen molar-refractivity contribution in [1.29, 1.82) is 0 Å². The number of thiophene rings is 1. The molecule has 0 amide bonds. The fraction of sp³-hybridized carbons (Fsp3) is 0.667. The average molecular weight is 275 g/mol. The van der Waals surface area contributed by atoms with Crippen molar-refractivity contribution in [2.45, 2.75) is 32.7 Å². The number of hydrogen-bond acceptors (Lipinski definition) is 4. The highest BCUT2D eigenvalue weighted by Crippen LogP contribution is 2.26. The van der Waals surface area contributed by atoms with E-state index in [0.29, 0.717) is 12.5 Å². The molecule has 0 bridgehead atoms. The van der Waals surface area contributed by atoms with E-state index in [2.05, 4.69) is 31.3 Å². The Bertz CT molecular complexity index is 437. The van der Waals surface area contributed by atoms with Crippen LogP contribution in [0, 0.1) is 6.92 Å². The van der Waals surface area contributed by atoms with Crippen LogP contribution in [-0.4, -0.2) is 27.0 Å². The second kappa shape index (κ2) is 6.52. The molecule has 1 aromatic rings. The van der Waals surface area contributed by atoms with Gasteiger partial charge in [-0.2, -0.15) is 0 Å². The standard InChI is InChI=1S/C12H21NO2S2/c1-4-13-11(6-5-9-17(3,14)15)12-8-7-10(2)16-12/h7-8,11,13H,4-6,9H2,1-3H3. The minimum absolute atomic E-state index is 0.277. The predicted octanol–water partition coefficient (Wildman–Crippen LogP) is 2.53. The maximum Gasteiger partial charge on any atom is 0.147 e. The molecule has 0 fully saturated rings. The van der Waals surface area contributed by atoms with E-state index in [1.165, 1.54) is 16.0 Å². The highest BCUT2D eigenvalue weighted by molar-refractivity contribution is 7.90. The molecule has 98 valence electrons. The lowest BCUT2D eigenvalue weighted by molar-refractivity contribution is 0.514. The summed E-state index contributed by atoms with van der Waals surface area (Å²) in [5, 5.41) is 3.41. The van der Waals surface area contributed by atoms with Crippen molar-refractivity contribution in [3.05, 3.63) is 21.9 Å². The third kappa shape index (κ3) is 5.66. The van der Waals surface area contributed by atoms with Crippen molar-refractivity contribution in [3.63, 3.8) is 0 Å². The monoisotopic (exact) mass is 275 g/mol. The lowest BCUT2D eigenvalue weighted by atomic mass is 10.1. The Balaban J connectivity index is 2.55. The summed E-state index contributed by atoms with van der Waals surface area (Å²) in [5.74, 6) is 0.277. The first-order valence-electron chi connectivity index (χ1n) is 5.90. The van der Waals surface area contributed by atoms with Gasteiger partial charge in [0.25, 0.3) is 0 Å². The Kier molecular flexibility index (Phi) is 5.62. The Labute approximate surface area is 108 Å². The quantitative estimate of drug-likeness (QED) is 0.832. The molecule has 5 heteroatoms. The van der Waals surface area contributed by atoms with Gasteiger partial charge in [0, 0.05) is 27.8 Å². The molecule has 1 rings (SSSR count). The Hall–Kier alpha value is -0.390. The molecule has 1 heterocycles. The van der Waals surface area contributed by atoms with Crippen LogP contribution in [0.25, 0.3) is 0 Å². The lowest BCUT2D eigenvalue weighted by Crippen LogP contribution is -2.20. The van der Waals surface area contributed by atoms with Gasteiger partial charge in [0.1, 0.15) is 9.84 Å². The van der Waals surface area contributed by atoms with Gasteiger partial charge >= 0.3 is 0 Å². The molecular weight excluding hydrogens is 254 g/mol. The number of aryl methyl sites for hydroxylation is 1. The van der Waals surface area contributed by atoms with E-state index in [0.717, 1.165) is 13.0 Å². The third-order valence-corrected chi connectivity index (χ3v) is 4.71. The minimum Gasteiger partial charge on any atom is -0.310 e. The molecule has 0 spiro atoms. The Morgan fingerprint density at radius 3 is 2.59 bits per heavy atom. The van der Waals surface area contributed by atoms with Gasteiger partial charge in [-0.1, -0.05) is 6.92 Å². The minimum atomic E-state index is -2.84. The zero-order chi connectivity index (χ0) is 12.9. The molecule has 1 atom stereocenters. The normalized spacial score (nSPS) is 13.8. The maximum atomic E-state index is 11.1. The molecule has 3 nitrogen and oxygen atoms in total. The van der Waals surface area contributed by atoms with Crippen LogP contribution in [0.5, 0.6) is 0 Å². The summed E-state index contributed by atoms with van der Waals surface area (Å²) in [4.78, 5) is 2.60. The van der Waals surface area contributed by atoms with Crippen molar-refractivity contribution in [2.75, 3.05) is 18.6 Å². The highest BCUT2D eigenvalue weighted by Gasteiger charge is 2.13. The molecule has 1 N–H and O–H groups in total. The van der Waals surface area contributed by atoms with Gasteiger partial charge < -0.3 is 5.32 Å². The van der Waals surface area contributed by atoms with Crippen LogP contribution in [0.15, 0.2) is 12.1 Å². The number of sulfone groups is 1. The van der Waals surface area contributed by atoms with Crippen molar-refractivity contribution in [2.24, 2.45) is 0 Å². The molecule has 1 aromatic heterocycles. The Morgan fingerprint density at radius 1 is 1.41 bits per heavy atom. The summed E-state index contributed by atoms with van der Waals surface area (Å²) in [7, 11) is -2.84. The van der Waals surface area contributed by atoms with E-state index in [9.17, 15) is 8.42 Å². The average Bonchev–Trinajstić information content (AvgIpc) is 2.62. The van der Waals surface area contributed by atoms with E-state index in [1.807, 2.05) is 0 Å². The molecule has 0 saturated heterocycles. The van der Waals surface area contributed by atoms with Gasteiger partial charge in [0.05, 0.1) is 0 Å². The number of hydrogen-bond donors (Lipinski definition) is 1. The van der Waals surface area contributed by atoms with Gasteiger partial charge in [-0.3, -0.25) is 0 Å². The highest BCUT2D eigenvalue weighted by atomic mass is 32.2. The second-order valence-electron chi connectivity index (χ2n) is 4.33. The molecule has 0 aromatic carbocycles. The SMILES string of the molecule is CCNC(CCCS(C)(=O)=O)c1ccc(C)s1. The maximum absolute atomic E-state index is 11.1. The first kappa shape index (κ1) is 14.7. The summed E-state index contributed by atoms with van der Waals surface area (Å²) in [6.07, 6.45) is 2.89. The molecule has 0 aliphatic carbocycles. The number of rotatable bonds is 7. The lowest BCUT2D eigenvalue weighted by Gasteiger charge is -2.15. The van der Waals surface area contributed by atoms with Crippen LogP contribution in [0.2, 0.25) is 0 Å². The predicted molar refractivity (Wildman–Crippen MR) is 74.4 cm³/mol. The van der Waals surface area contributed by atoms with Crippen LogP contribution in [0.1, 0.15) is 35.6 Å². The van der Waals surface area contributed by atoms with Crippen LogP contribution >= 0.6 is 11.3 Å². The zero-order valence-corrected chi connectivity index (χ0v) is 12.3. The fourth-order valence-electron chi connectivity index (χ4n) is 1.78. The van der Waals surface area contributed by atoms with Gasteiger partial charge in [-0.05, 0) is 38.4 Å². The summed E-state index contributed by atoms with van der Waals surface area (Å²) in [6, 6.07) is 4.54. The summed E-state index contributed by atoms with van der Waals surface area (Å²) >= 11 is 1.78.